The van der Waals surface area contributed by atoms with Gasteiger partial charge in [0.05, 0.1) is 0 Å². The lowest BCUT2D eigenvalue weighted by Crippen LogP contribution is -2.33. The highest BCUT2D eigenvalue weighted by molar-refractivity contribution is 14.1. The minimum Gasteiger partial charge on any atom is -0.328 e. The molecule has 1 unspecified atom stereocenters. The molecular formula is C10H20IN. The molecule has 0 bridgehead atoms. The molecule has 0 aromatic carbocycles. The summed E-state index contributed by atoms with van der Waals surface area (Å²) in [6.45, 7) is 2.19. The highest BCUT2D eigenvalue weighted by Gasteiger charge is 2.29. The lowest BCUT2D eigenvalue weighted by Gasteiger charge is -2.33. The molecular weight excluding hydrogens is 261 g/mol. The van der Waals surface area contributed by atoms with Crippen molar-refractivity contribution in [2.75, 3.05) is 0 Å². The third kappa shape index (κ3) is 3.21. The van der Waals surface area contributed by atoms with E-state index >= 15 is 0 Å². The van der Waals surface area contributed by atoms with Gasteiger partial charge in [-0.25, -0.2) is 0 Å². The maximum atomic E-state index is 5.98. The standard InChI is InChI=1S/C10H20IN/c1-2-9(12)8-10(11)6-4-3-5-7-10/h9H,2-8,12H2,1H3. The van der Waals surface area contributed by atoms with Crippen molar-refractivity contribution in [3.8, 4) is 0 Å². The molecule has 0 spiro atoms. The van der Waals surface area contributed by atoms with Gasteiger partial charge in [-0.05, 0) is 25.7 Å². The lowest BCUT2D eigenvalue weighted by atomic mass is 9.84. The first-order valence-electron chi connectivity index (χ1n) is 5.11. The third-order valence-corrected chi connectivity index (χ3v) is 4.42. The summed E-state index contributed by atoms with van der Waals surface area (Å²) in [5.74, 6) is 0. The Kier molecular flexibility index (Phi) is 4.30. The molecule has 2 N–H and O–H groups in total. The second kappa shape index (κ2) is 4.80. The smallest absolute Gasteiger partial charge is 0.0237 e. The molecule has 1 nitrogen and oxygen atoms in total. The number of alkyl halides is 1. The molecule has 0 aromatic rings. The van der Waals surface area contributed by atoms with Gasteiger partial charge in [0.15, 0.2) is 0 Å². The van der Waals surface area contributed by atoms with E-state index < -0.39 is 0 Å². The normalized spacial score (nSPS) is 25.2. The Morgan fingerprint density at radius 3 is 2.42 bits per heavy atom. The van der Waals surface area contributed by atoms with E-state index in [0.29, 0.717) is 9.46 Å². The van der Waals surface area contributed by atoms with Gasteiger partial charge >= 0.3 is 0 Å². The van der Waals surface area contributed by atoms with Gasteiger partial charge in [0.25, 0.3) is 0 Å². The van der Waals surface area contributed by atoms with Crippen LogP contribution in [0.5, 0.6) is 0 Å². The quantitative estimate of drug-likeness (QED) is 0.623. The third-order valence-electron chi connectivity index (χ3n) is 2.90. The van der Waals surface area contributed by atoms with Crippen molar-refractivity contribution in [1.29, 1.82) is 0 Å². The lowest BCUT2D eigenvalue weighted by molar-refractivity contribution is 0.369. The van der Waals surface area contributed by atoms with Crippen LogP contribution in [0.3, 0.4) is 0 Å². The van der Waals surface area contributed by atoms with Crippen molar-refractivity contribution in [3.63, 3.8) is 0 Å². The fourth-order valence-corrected chi connectivity index (χ4v) is 3.33. The summed E-state index contributed by atoms with van der Waals surface area (Å²) in [6, 6.07) is 0.431. The number of nitrogens with two attached hydrogens (primary N) is 1. The number of hydrogen-bond donors (Lipinski definition) is 1. The van der Waals surface area contributed by atoms with Crippen LogP contribution in [0.25, 0.3) is 0 Å². The molecule has 0 amide bonds. The van der Waals surface area contributed by atoms with Gasteiger partial charge in [0.1, 0.15) is 0 Å². The molecule has 1 aliphatic rings. The SMILES string of the molecule is CCC(N)CC1(I)CCCCC1. The Bertz CT molecular complexity index is 130. The highest BCUT2D eigenvalue weighted by Crippen LogP contribution is 2.39. The van der Waals surface area contributed by atoms with Crippen molar-refractivity contribution in [1.82, 2.24) is 0 Å². The molecule has 1 saturated carbocycles. The van der Waals surface area contributed by atoms with Crippen molar-refractivity contribution in [2.24, 2.45) is 5.73 Å². The van der Waals surface area contributed by atoms with E-state index in [-0.39, 0.29) is 0 Å². The monoisotopic (exact) mass is 281 g/mol. The molecule has 72 valence electrons. The topological polar surface area (TPSA) is 26.0 Å². The molecule has 0 radical (unpaired) electrons. The summed E-state index contributed by atoms with van der Waals surface area (Å²) in [6.07, 6.45) is 9.40. The largest absolute Gasteiger partial charge is 0.328 e. The zero-order valence-corrected chi connectivity index (χ0v) is 10.1. The molecule has 0 heterocycles. The van der Waals surface area contributed by atoms with E-state index in [9.17, 15) is 0 Å². The molecule has 0 saturated heterocycles. The van der Waals surface area contributed by atoms with E-state index in [1.54, 1.807) is 0 Å². The average molecular weight is 281 g/mol. The van der Waals surface area contributed by atoms with Crippen LogP contribution >= 0.6 is 22.6 Å². The zero-order valence-electron chi connectivity index (χ0n) is 7.98. The van der Waals surface area contributed by atoms with Crippen LogP contribution in [0.1, 0.15) is 51.9 Å². The van der Waals surface area contributed by atoms with Crippen LogP contribution in [-0.2, 0) is 0 Å². The summed E-state index contributed by atoms with van der Waals surface area (Å²) in [5, 5.41) is 0. The van der Waals surface area contributed by atoms with Crippen LogP contribution in [0.2, 0.25) is 0 Å². The number of hydrogen-bond acceptors (Lipinski definition) is 1. The van der Waals surface area contributed by atoms with Gasteiger partial charge in [-0.1, -0.05) is 48.8 Å². The van der Waals surface area contributed by atoms with E-state index in [4.69, 9.17) is 5.73 Å². The van der Waals surface area contributed by atoms with Crippen LogP contribution in [-0.4, -0.2) is 9.46 Å². The van der Waals surface area contributed by atoms with Gasteiger partial charge in [-0.3, -0.25) is 0 Å². The average Bonchev–Trinajstić information content (AvgIpc) is 2.05. The predicted molar refractivity (Wildman–Crippen MR) is 62.7 cm³/mol. The minimum absolute atomic E-state index is 0.431. The van der Waals surface area contributed by atoms with E-state index in [1.807, 2.05) is 0 Å². The van der Waals surface area contributed by atoms with E-state index in [0.717, 1.165) is 6.42 Å². The maximum absolute atomic E-state index is 5.98. The second-order valence-corrected chi connectivity index (χ2v) is 6.37. The van der Waals surface area contributed by atoms with Crippen molar-refractivity contribution in [3.05, 3.63) is 0 Å². The molecule has 2 heteroatoms. The molecule has 1 rings (SSSR count). The Hall–Kier alpha value is 0.690. The summed E-state index contributed by atoms with van der Waals surface area (Å²) in [7, 11) is 0. The molecule has 12 heavy (non-hydrogen) atoms. The number of rotatable bonds is 3. The highest BCUT2D eigenvalue weighted by atomic mass is 127. The maximum Gasteiger partial charge on any atom is 0.0237 e. The van der Waals surface area contributed by atoms with Gasteiger partial charge < -0.3 is 5.73 Å². The summed E-state index contributed by atoms with van der Waals surface area (Å²) < 4.78 is 0.547. The van der Waals surface area contributed by atoms with Crippen LogP contribution in [0.15, 0.2) is 0 Å². The molecule has 0 aromatic heterocycles. The van der Waals surface area contributed by atoms with Gasteiger partial charge in [0.2, 0.25) is 0 Å². The van der Waals surface area contributed by atoms with Crippen LogP contribution in [0.4, 0.5) is 0 Å². The van der Waals surface area contributed by atoms with E-state index in [1.165, 1.54) is 38.5 Å². The minimum atomic E-state index is 0.431. The zero-order chi connectivity index (χ0) is 9.03. The van der Waals surface area contributed by atoms with Crippen molar-refractivity contribution < 1.29 is 0 Å². The second-order valence-electron chi connectivity index (χ2n) is 4.08. The molecule has 0 aliphatic heterocycles. The first-order chi connectivity index (χ1) is 5.66. The fraction of sp³-hybridized carbons (Fsp3) is 1.00. The van der Waals surface area contributed by atoms with Crippen LogP contribution < -0.4 is 5.73 Å². The Morgan fingerprint density at radius 1 is 1.33 bits per heavy atom. The summed E-state index contributed by atoms with van der Waals surface area (Å²) in [4.78, 5) is 0. The van der Waals surface area contributed by atoms with Gasteiger partial charge in [-0.2, -0.15) is 0 Å². The molecule has 1 fully saturated rings. The Balaban J connectivity index is 2.35. The first-order valence-corrected chi connectivity index (χ1v) is 6.19. The summed E-state index contributed by atoms with van der Waals surface area (Å²) >= 11 is 2.65. The van der Waals surface area contributed by atoms with Crippen molar-refractivity contribution in [2.45, 2.75) is 61.3 Å². The van der Waals surface area contributed by atoms with Gasteiger partial charge in [0, 0.05) is 9.46 Å². The number of halogens is 1. The van der Waals surface area contributed by atoms with Gasteiger partial charge in [-0.15, -0.1) is 0 Å². The van der Waals surface area contributed by atoms with E-state index in [2.05, 4.69) is 29.5 Å². The van der Waals surface area contributed by atoms with Crippen LogP contribution in [0, 0.1) is 0 Å². The molecule has 1 atom stereocenters. The first kappa shape index (κ1) is 10.8. The van der Waals surface area contributed by atoms with Crippen molar-refractivity contribution >= 4 is 22.6 Å². The predicted octanol–water partition coefficient (Wildman–Crippen LogP) is 3.25. The fourth-order valence-electron chi connectivity index (χ4n) is 2.00. The Labute approximate surface area is 89.6 Å². The summed E-state index contributed by atoms with van der Waals surface area (Å²) in [5.41, 5.74) is 5.98. The Morgan fingerprint density at radius 2 is 1.92 bits per heavy atom. The molecule has 1 aliphatic carbocycles.